The van der Waals surface area contributed by atoms with Crippen molar-refractivity contribution in [2.45, 2.75) is 44.1 Å². The predicted octanol–water partition coefficient (Wildman–Crippen LogP) is 2.25. The average Bonchev–Trinajstić information content (AvgIpc) is 3.35. The van der Waals surface area contributed by atoms with E-state index < -0.39 is 0 Å². The number of hydrogen-bond acceptors (Lipinski definition) is 4. The summed E-state index contributed by atoms with van der Waals surface area (Å²) in [5.41, 5.74) is 0.901. The van der Waals surface area contributed by atoms with E-state index in [1.807, 2.05) is 35.4 Å². The molecule has 2 saturated heterocycles. The van der Waals surface area contributed by atoms with Crippen molar-refractivity contribution < 1.29 is 14.3 Å². The largest absolute Gasteiger partial charge is 0.372 e. The molecule has 2 atom stereocenters. The Labute approximate surface area is 153 Å². The lowest BCUT2D eigenvalue weighted by Crippen LogP contribution is -2.57. The second-order valence-electron chi connectivity index (χ2n) is 7.10. The molecule has 1 amide bonds. The number of rotatable bonds is 5. The van der Waals surface area contributed by atoms with Gasteiger partial charge in [0.05, 0.1) is 12.2 Å². The number of carbonyl (C=O) groups excluding carboxylic acids is 1. The van der Waals surface area contributed by atoms with Crippen molar-refractivity contribution in [2.75, 3.05) is 19.7 Å². The van der Waals surface area contributed by atoms with Crippen LogP contribution in [0.2, 0.25) is 0 Å². The van der Waals surface area contributed by atoms with Gasteiger partial charge in [-0.3, -0.25) is 9.48 Å². The van der Waals surface area contributed by atoms with E-state index in [9.17, 15) is 4.79 Å². The first-order valence-electron chi connectivity index (χ1n) is 9.30. The summed E-state index contributed by atoms with van der Waals surface area (Å²) in [4.78, 5) is 14.6. The highest BCUT2D eigenvalue weighted by molar-refractivity contribution is 5.76. The summed E-state index contributed by atoms with van der Waals surface area (Å²) in [5.74, 6) is 0.0786. The van der Waals surface area contributed by atoms with Gasteiger partial charge >= 0.3 is 0 Å². The molecule has 1 spiro atoms. The molecule has 3 heterocycles. The lowest BCUT2D eigenvalue weighted by Gasteiger charge is -2.44. The first-order valence-corrected chi connectivity index (χ1v) is 9.30. The zero-order valence-corrected chi connectivity index (χ0v) is 14.9. The second-order valence-corrected chi connectivity index (χ2v) is 7.10. The zero-order valence-electron chi connectivity index (χ0n) is 14.9. The molecule has 2 aliphatic heterocycles. The molecule has 0 unspecified atom stereocenters. The molecule has 2 aromatic rings. The third-order valence-corrected chi connectivity index (χ3v) is 5.41. The fraction of sp³-hybridized carbons (Fsp3) is 0.500. The van der Waals surface area contributed by atoms with Crippen molar-refractivity contribution in [1.82, 2.24) is 14.7 Å². The molecular formula is C20H25N3O3. The highest BCUT2D eigenvalue weighted by Gasteiger charge is 2.47. The molecule has 138 valence electrons. The summed E-state index contributed by atoms with van der Waals surface area (Å²) in [6.07, 6.45) is 6.31. The summed E-state index contributed by atoms with van der Waals surface area (Å²) in [6.45, 7) is 2.88. The van der Waals surface area contributed by atoms with E-state index in [2.05, 4.69) is 17.2 Å². The topological polar surface area (TPSA) is 56.6 Å². The molecule has 26 heavy (non-hydrogen) atoms. The van der Waals surface area contributed by atoms with Crippen LogP contribution in [0.3, 0.4) is 0 Å². The number of amides is 1. The molecular weight excluding hydrogens is 330 g/mol. The van der Waals surface area contributed by atoms with Crippen LogP contribution in [-0.4, -0.2) is 52.0 Å². The number of benzene rings is 1. The van der Waals surface area contributed by atoms with E-state index in [1.165, 1.54) is 0 Å². The van der Waals surface area contributed by atoms with Crippen LogP contribution in [0.15, 0.2) is 48.8 Å². The molecule has 1 aromatic heterocycles. The maximum atomic E-state index is 12.7. The van der Waals surface area contributed by atoms with Crippen molar-refractivity contribution in [1.29, 1.82) is 0 Å². The van der Waals surface area contributed by atoms with Crippen molar-refractivity contribution in [3.63, 3.8) is 0 Å². The molecule has 2 fully saturated rings. The molecule has 2 aliphatic rings. The standard InChI is InChI=1S/C20H25N3O3/c24-19(15-23-11-5-10-21-23)22-12-9-20(8-4-13-26-20)18(14-22)25-16-17-6-2-1-3-7-17/h1-3,5-7,10-11,18H,4,8-9,12-16H2/t18-,20-/m0/s1. The number of carbonyl (C=O) groups is 1. The van der Waals surface area contributed by atoms with Crippen LogP contribution in [0.4, 0.5) is 0 Å². The third kappa shape index (κ3) is 3.66. The minimum atomic E-state index is -0.239. The van der Waals surface area contributed by atoms with Gasteiger partial charge in [0.1, 0.15) is 12.6 Å². The normalized spacial score (nSPS) is 25.7. The Morgan fingerprint density at radius 1 is 1.27 bits per heavy atom. The Morgan fingerprint density at radius 3 is 2.88 bits per heavy atom. The van der Waals surface area contributed by atoms with Crippen LogP contribution in [0, 0.1) is 0 Å². The van der Waals surface area contributed by atoms with Crippen molar-refractivity contribution in [3.05, 3.63) is 54.4 Å². The Balaban J connectivity index is 1.43. The lowest BCUT2D eigenvalue weighted by molar-refractivity contribution is -0.168. The quantitative estimate of drug-likeness (QED) is 0.825. The second kappa shape index (κ2) is 7.60. The Kier molecular flexibility index (Phi) is 5.04. The molecule has 6 nitrogen and oxygen atoms in total. The molecule has 0 bridgehead atoms. The van der Waals surface area contributed by atoms with Gasteiger partial charge in [-0.05, 0) is 30.9 Å². The number of nitrogens with zero attached hydrogens (tertiary/aromatic N) is 3. The molecule has 6 heteroatoms. The number of aromatic nitrogens is 2. The lowest BCUT2D eigenvalue weighted by atomic mass is 9.85. The zero-order chi connectivity index (χ0) is 17.8. The van der Waals surface area contributed by atoms with E-state index in [4.69, 9.17) is 9.47 Å². The van der Waals surface area contributed by atoms with Crippen LogP contribution >= 0.6 is 0 Å². The maximum absolute atomic E-state index is 12.7. The van der Waals surface area contributed by atoms with Crippen molar-refractivity contribution in [3.8, 4) is 0 Å². The maximum Gasteiger partial charge on any atom is 0.244 e. The van der Waals surface area contributed by atoms with Crippen LogP contribution in [0.1, 0.15) is 24.8 Å². The van der Waals surface area contributed by atoms with Gasteiger partial charge in [0.2, 0.25) is 5.91 Å². The minimum absolute atomic E-state index is 0.0786. The van der Waals surface area contributed by atoms with Gasteiger partial charge in [-0.25, -0.2) is 0 Å². The highest BCUT2D eigenvalue weighted by Crippen LogP contribution is 2.38. The number of ether oxygens (including phenoxy) is 2. The molecule has 4 rings (SSSR count). The number of piperidine rings is 1. The van der Waals surface area contributed by atoms with Crippen LogP contribution in [0.5, 0.6) is 0 Å². The number of hydrogen-bond donors (Lipinski definition) is 0. The fourth-order valence-corrected chi connectivity index (χ4v) is 3.95. The number of likely N-dealkylation sites (tertiary alicyclic amines) is 1. The van der Waals surface area contributed by atoms with Gasteiger partial charge in [-0.15, -0.1) is 0 Å². The van der Waals surface area contributed by atoms with Gasteiger partial charge in [0.15, 0.2) is 0 Å². The van der Waals surface area contributed by atoms with E-state index in [-0.39, 0.29) is 24.2 Å². The van der Waals surface area contributed by atoms with Gasteiger partial charge in [0, 0.05) is 32.1 Å². The van der Waals surface area contributed by atoms with E-state index in [0.717, 1.165) is 31.4 Å². The van der Waals surface area contributed by atoms with Gasteiger partial charge in [-0.2, -0.15) is 5.10 Å². The predicted molar refractivity (Wildman–Crippen MR) is 96.4 cm³/mol. The van der Waals surface area contributed by atoms with Crippen molar-refractivity contribution in [2.24, 2.45) is 0 Å². The van der Waals surface area contributed by atoms with Gasteiger partial charge in [0.25, 0.3) is 0 Å². The van der Waals surface area contributed by atoms with Crippen LogP contribution < -0.4 is 0 Å². The average molecular weight is 355 g/mol. The monoisotopic (exact) mass is 355 g/mol. The third-order valence-electron chi connectivity index (χ3n) is 5.41. The summed E-state index contributed by atoms with van der Waals surface area (Å²) >= 11 is 0. The van der Waals surface area contributed by atoms with Crippen molar-refractivity contribution >= 4 is 5.91 Å². The van der Waals surface area contributed by atoms with Crippen LogP contribution in [0.25, 0.3) is 0 Å². The fourth-order valence-electron chi connectivity index (χ4n) is 3.95. The summed E-state index contributed by atoms with van der Waals surface area (Å²) < 4.78 is 14.1. The molecule has 0 saturated carbocycles. The SMILES string of the molecule is O=C(Cn1cccn1)N1CC[C@@]2(CCCO2)[C@@H](OCc2ccccc2)C1. The van der Waals surface area contributed by atoms with Gasteiger partial charge in [-0.1, -0.05) is 30.3 Å². The minimum Gasteiger partial charge on any atom is -0.372 e. The Hall–Kier alpha value is -2.18. The molecule has 0 aliphatic carbocycles. The van der Waals surface area contributed by atoms with Gasteiger partial charge < -0.3 is 14.4 Å². The van der Waals surface area contributed by atoms with E-state index >= 15 is 0 Å². The summed E-state index contributed by atoms with van der Waals surface area (Å²) in [7, 11) is 0. The first kappa shape index (κ1) is 17.2. The molecule has 0 radical (unpaired) electrons. The van der Waals surface area contributed by atoms with E-state index in [0.29, 0.717) is 19.7 Å². The smallest absolute Gasteiger partial charge is 0.244 e. The first-order chi connectivity index (χ1) is 12.8. The Bertz CT molecular complexity index is 711. The Morgan fingerprint density at radius 2 is 2.15 bits per heavy atom. The highest BCUT2D eigenvalue weighted by atomic mass is 16.6. The summed E-state index contributed by atoms with van der Waals surface area (Å²) in [5, 5.41) is 4.13. The van der Waals surface area contributed by atoms with Crippen LogP contribution in [-0.2, 0) is 27.4 Å². The summed E-state index contributed by atoms with van der Waals surface area (Å²) in [6, 6.07) is 12.0. The van der Waals surface area contributed by atoms with E-state index in [1.54, 1.807) is 10.9 Å². The molecule has 0 N–H and O–H groups in total. The molecule has 1 aromatic carbocycles.